The van der Waals surface area contributed by atoms with Crippen molar-refractivity contribution >= 4 is 45.3 Å². The van der Waals surface area contributed by atoms with Crippen LogP contribution in [0.15, 0.2) is 48.5 Å². The van der Waals surface area contributed by atoms with Crippen molar-refractivity contribution in [2.75, 3.05) is 26.4 Å². The molecular formula is C62H98O4S4. The highest BCUT2D eigenvalue weighted by Gasteiger charge is 2.47. The summed E-state index contributed by atoms with van der Waals surface area (Å²) in [7, 11) is 0. The Morgan fingerprint density at radius 3 is 0.886 bits per heavy atom. The van der Waals surface area contributed by atoms with Crippen molar-refractivity contribution in [2.45, 2.75) is 269 Å². The maximum atomic E-state index is 6.63. The maximum Gasteiger partial charge on any atom is 0.204 e. The van der Waals surface area contributed by atoms with Crippen LogP contribution in [0.4, 0.5) is 0 Å². The molecule has 6 heterocycles. The summed E-state index contributed by atoms with van der Waals surface area (Å²) in [6, 6.07) is 18.9. The van der Waals surface area contributed by atoms with Gasteiger partial charge >= 0.3 is 0 Å². The van der Waals surface area contributed by atoms with Crippen LogP contribution in [0.25, 0.3) is 19.5 Å². The third kappa shape index (κ3) is 18.8. The van der Waals surface area contributed by atoms with E-state index < -0.39 is 11.6 Å². The van der Waals surface area contributed by atoms with E-state index in [9.17, 15) is 0 Å². The van der Waals surface area contributed by atoms with Gasteiger partial charge in [0, 0.05) is 42.1 Å². The number of hydrogen-bond acceptors (Lipinski definition) is 8. The first kappa shape index (κ1) is 57.9. The molecule has 0 aromatic carbocycles. The molecule has 0 spiro atoms. The molecule has 2 aliphatic rings. The summed E-state index contributed by atoms with van der Waals surface area (Å²) in [6.07, 6.45) is 45.3. The molecule has 0 saturated carbocycles. The first-order valence-corrected chi connectivity index (χ1v) is 32.8. The SMILES string of the molecule is CCCCCCCCCCC(CCCCCCCC)c1ccc(-c2ccc(C3(CCC4(c5ccc(-c6ccc(C(CCCCCCCC)CCCCCCCCCC)s6)s5)OCCO4)OCCO3)s2)s1. The van der Waals surface area contributed by atoms with Gasteiger partial charge in [0.1, 0.15) is 0 Å². The Morgan fingerprint density at radius 2 is 0.586 bits per heavy atom. The zero-order valence-electron chi connectivity index (χ0n) is 44.9. The highest BCUT2D eigenvalue weighted by atomic mass is 32.1. The van der Waals surface area contributed by atoms with Gasteiger partial charge in [0.2, 0.25) is 11.6 Å². The Bertz CT molecular complexity index is 1770. The van der Waals surface area contributed by atoms with Crippen molar-refractivity contribution in [2.24, 2.45) is 0 Å². The molecular weight excluding hydrogens is 937 g/mol. The van der Waals surface area contributed by atoms with Gasteiger partial charge in [-0.1, -0.05) is 207 Å². The first-order chi connectivity index (χ1) is 34.5. The molecule has 4 nitrogen and oxygen atoms in total. The van der Waals surface area contributed by atoms with E-state index in [1.807, 2.05) is 45.3 Å². The molecule has 4 aromatic heterocycles. The van der Waals surface area contributed by atoms with Gasteiger partial charge in [-0.2, -0.15) is 0 Å². The molecule has 2 atom stereocenters. The lowest BCUT2D eigenvalue weighted by atomic mass is 9.93. The second-order valence-electron chi connectivity index (χ2n) is 21.2. The molecule has 8 heteroatoms. The van der Waals surface area contributed by atoms with Gasteiger partial charge in [-0.15, -0.1) is 45.3 Å². The van der Waals surface area contributed by atoms with Crippen molar-refractivity contribution in [3.8, 4) is 19.5 Å². The fourth-order valence-electron chi connectivity index (χ4n) is 11.1. The average Bonchev–Trinajstić information content (AvgIpc) is 4.24. The van der Waals surface area contributed by atoms with Crippen LogP contribution in [0.2, 0.25) is 0 Å². The molecule has 70 heavy (non-hydrogen) atoms. The Labute approximate surface area is 444 Å². The molecule has 0 N–H and O–H groups in total. The van der Waals surface area contributed by atoms with Crippen molar-refractivity contribution in [3.05, 3.63) is 68.0 Å². The number of ether oxygens (including phenoxy) is 4. The van der Waals surface area contributed by atoms with E-state index in [0.29, 0.717) is 51.1 Å². The minimum Gasteiger partial charge on any atom is -0.343 e. The number of thiophene rings is 4. The monoisotopic (exact) mass is 1030 g/mol. The van der Waals surface area contributed by atoms with Crippen molar-refractivity contribution in [1.29, 1.82) is 0 Å². The van der Waals surface area contributed by atoms with Crippen LogP contribution >= 0.6 is 45.3 Å². The average molecular weight is 1040 g/mol. The Morgan fingerprint density at radius 1 is 0.329 bits per heavy atom. The van der Waals surface area contributed by atoms with Crippen LogP contribution in [0.3, 0.4) is 0 Å². The fraction of sp³-hybridized carbons (Fsp3) is 0.742. The van der Waals surface area contributed by atoms with Gasteiger partial charge < -0.3 is 18.9 Å². The fourth-order valence-corrected chi connectivity index (χ4v) is 15.9. The van der Waals surface area contributed by atoms with E-state index in [1.54, 1.807) is 9.75 Å². The zero-order valence-corrected chi connectivity index (χ0v) is 48.2. The highest BCUT2D eigenvalue weighted by Crippen LogP contribution is 2.50. The van der Waals surface area contributed by atoms with Crippen molar-refractivity contribution in [3.63, 3.8) is 0 Å². The second kappa shape index (κ2) is 33.5. The minimum atomic E-state index is -0.787. The van der Waals surface area contributed by atoms with Crippen LogP contribution in [0, 0.1) is 0 Å². The van der Waals surface area contributed by atoms with Crippen molar-refractivity contribution < 1.29 is 18.9 Å². The Hall–Kier alpha value is -1.36. The smallest absolute Gasteiger partial charge is 0.204 e. The predicted octanol–water partition coefficient (Wildman–Crippen LogP) is 21.9. The molecule has 4 aromatic rings. The molecule has 394 valence electrons. The van der Waals surface area contributed by atoms with E-state index in [2.05, 4.69) is 76.2 Å². The normalized spacial score (nSPS) is 16.5. The number of rotatable bonds is 41. The molecule has 0 bridgehead atoms. The van der Waals surface area contributed by atoms with Crippen LogP contribution in [0.1, 0.15) is 277 Å². The topological polar surface area (TPSA) is 36.9 Å². The summed E-state index contributed by atoms with van der Waals surface area (Å²) in [6.45, 7) is 11.7. The summed E-state index contributed by atoms with van der Waals surface area (Å²) < 4.78 is 26.5. The standard InChI is InChI=1S/C62H98O4S4/c1-5-9-13-17-21-23-27-31-35-51(33-29-25-19-15-11-7-3)53-37-39-55(67-53)57-41-43-59(69-57)61(63-47-48-64-61)45-46-62(65-49-50-66-62)60-44-42-58(70-60)56-40-38-54(68-56)52(34-30-26-20-16-12-8-4)36-32-28-24-22-18-14-10-6-2/h37-44,51-52H,5-36,45-50H2,1-4H3. The molecule has 0 radical (unpaired) electrons. The molecule has 2 aliphatic heterocycles. The van der Waals surface area contributed by atoms with Crippen LogP contribution < -0.4 is 0 Å². The first-order valence-electron chi connectivity index (χ1n) is 29.5. The zero-order chi connectivity index (χ0) is 49.0. The van der Waals surface area contributed by atoms with Crippen LogP contribution in [-0.2, 0) is 30.5 Å². The summed E-state index contributed by atoms with van der Waals surface area (Å²) in [4.78, 5) is 10.9. The van der Waals surface area contributed by atoms with E-state index in [-0.39, 0.29) is 0 Å². The summed E-state index contributed by atoms with van der Waals surface area (Å²) >= 11 is 7.78. The van der Waals surface area contributed by atoms with Gasteiger partial charge in [-0.3, -0.25) is 0 Å². The Kier molecular flexibility index (Phi) is 27.7. The lowest BCUT2D eigenvalue weighted by Crippen LogP contribution is -2.33. The molecule has 2 fully saturated rings. The van der Waals surface area contributed by atoms with Gasteiger partial charge in [0.25, 0.3) is 0 Å². The maximum absolute atomic E-state index is 6.63. The second-order valence-corrected chi connectivity index (χ2v) is 25.6. The third-order valence-corrected chi connectivity index (χ3v) is 20.7. The Balaban J connectivity index is 1.08. The lowest BCUT2D eigenvalue weighted by molar-refractivity contribution is -0.211. The summed E-state index contributed by atoms with van der Waals surface area (Å²) in [5.41, 5.74) is 0. The molecule has 2 saturated heterocycles. The third-order valence-electron chi connectivity index (χ3n) is 15.4. The molecule has 6 rings (SSSR count). The molecule has 2 unspecified atom stereocenters. The summed E-state index contributed by atoms with van der Waals surface area (Å²) in [5, 5.41) is 0. The minimum absolute atomic E-state index is 0.604. The van der Waals surface area contributed by atoms with Crippen LogP contribution in [-0.4, -0.2) is 26.4 Å². The quantitative estimate of drug-likeness (QED) is 0.0415. The molecule has 0 amide bonds. The van der Waals surface area contributed by atoms with Crippen LogP contribution in [0.5, 0.6) is 0 Å². The van der Waals surface area contributed by atoms with Gasteiger partial charge in [0.15, 0.2) is 0 Å². The van der Waals surface area contributed by atoms with E-state index in [4.69, 9.17) is 18.9 Å². The van der Waals surface area contributed by atoms with E-state index >= 15 is 0 Å². The lowest BCUT2D eigenvalue weighted by Gasteiger charge is -2.32. The van der Waals surface area contributed by atoms with E-state index in [1.165, 1.54) is 225 Å². The van der Waals surface area contributed by atoms with Crippen molar-refractivity contribution in [1.82, 2.24) is 0 Å². The highest BCUT2D eigenvalue weighted by molar-refractivity contribution is 7.22. The summed E-state index contributed by atoms with van der Waals surface area (Å²) in [5.74, 6) is -0.220. The molecule has 0 aliphatic carbocycles. The predicted molar refractivity (Wildman–Crippen MR) is 308 cm³/mol. The number of unbranched alkanes of at least 4 members (excludes halogenated alkanes) is 24. The van der Waals surface area contributed by atoms with Gasteiger partial charge in [-0.25, -0.2) is 0 Å². The number of hydrogen-bond donors (Lipinski definition) is 0. The van der Waals surface area contributed by atoms with Gasteiger partial charge in [-0.05, 0) is 86.1 Å². The van der Waals surface area contributed by atoms with Gasteiger partial charge in [0.05, 0.1) is 36.2 Å². The van der Waals surface area contributed by atoms with E-state index in [0.717, 1.165) is 9.75 Å². The largest absolute Gasteiger partial charge is 0.343 e.